The molecular weight excluding hydrogens is 406 g/mol. The highest BCUT2D eigenvalue weighted by atomic mass is 79.9. The number of allylic oxidation sites excluding steroid dienone is 3. The standard InChI is InChI=1S/C21H20BrN3O2/c1-3-5-17(4-2)27-13-16(26)12-25-20-7-6-14(22)8-18(20)19-9-15(10-23)24-11-21(19)25/h3-9,11,16,26H,12-13H2,1-2H3. The fourth-order valence-corrected chi connectivity index (χ4v) is 3.43. The van der Waals surface area contributed by atoms with Crippen LogP contribution < -0.4 is 0 Å². The van der Waals surface area contributed by atoms with E-state index in [1.165, 1.54) is 0 Å². The topological polar surface area (TPSA) is 71.1 Å². The van der Waals surface area contributed by atoms with E-state index in [0.29, 0.717) is 12.2 Å². The monoisotopic (exact) mass is 425 g/mol. The maximum Gasteiger partial charge on any atom is 0.141 e. The molecule has 0 saturated carbocycles. The van der Waals surface area contributed by atoms with Gasteiger partial charge in [-0.05, 0) is 50.3 Å². The summed E-state index contributed by atoms with van der Waals surface area (Å²) in [6.45, 7) is 4.36. The molecule has 0 saturated heterocycles. The van der Waals surface area contributed by atoms with Crippen molar-refractivity contribution in [3.8, 4) is 6.07 Å². The number of nitrogens with zero attached hydrogens (tertiary/aromatic N) is 3. The number of fused-ring (bicyclic) bond motifs is 3. The number of pyridine rings is 1. The van der Waals surface area contributed by atoms with Crippen LogP contribution in [0.3, 0.4) is 0 Å². The van der Waals surface area contributed by atoms with Crippen LogP contribution >= 0.6 is 15.9 Å². The summed E-state index contributed by atoms with van der Waals surface area (Å²) in [5, 5.41) is 21.6. The summed E-state index contributed by atoms with van der Waals surface area (Å²) in [6, 6.07) is 9.84. The number of benzene rings is 1. The number of rotatable bonds is 6. The number of aliphatic hydroxyl groups excluding tert-OH is 1. The summed E-state index contributed by atoms with van der Waals surface area (Å²) in [5.74, 6) is 0.725. The van der Waals surface area contributed by atoms with Gasteiger partial charge in [0.25, 0.3) is 0 Å². The van der Waals surface area contributed by atoms with Crippen LogP contribution in [0.15, 0.2) is 58.9 Å². The molecule has 0 fully saturated rings. The lowest BCUT2D eigenvalue weighted by Gasteiger charge is -2.15. The second-order valence-electron chi connectivity index (χ2n) is 6.13. The summed E-state index contributed by atoms with van der Waals surface area (Å²) in [4.78, 5) is 4.20. The first-order valence-electron chi connectivity index (χ1n) is 8.64. The van der Waals surface area contributed by atoms with Crippen molar-refractivity contribution in [3.63, 3.8) is 0 Å². The lowest BCUT2D eigenvalue weighted by atomic mass is 10.2. The van der Waals surface area contributed by atoms with E-state index in [0.717, 1.165) is 32.0 Å². The van der Waals surface area contributed by atoms with Crippen LogP contribution in [0, 0.1) is 11.3 Å². The van der Waals surface area contributed by atoms with Crippen molar-refractivity contribution >= 4 is 37.7 Å². The lowest BCUT2D eigenvalue weighted by molar-refractivity contribution is 0.0652. The molecule has 0 radical (unpaired) electrons. The first kappa shape index (κ1) is 19.2. The highest BCUT2D eigenvalue weighted by Crippen LogP contribution is 2.31. The molecule has 0 aliphatic rings. The van der Waals surface area contributed by atoms with E-state index in [-0.39, 0.29) is 6.61 Å². The van der Waals surface area contributed by atoms with Crippen LogP contribution in [0.5, 0.6) is 0 Å². The van der Waals surface area contributed by atoms with Crippen molar-refractivity contribution in [2.24, 2.45) is 0 Å². The van der Waals surface area contributed by atoms with Gasteiger partial charge in [-0.15, -0.1) is 0 Å². The zero-order valence-corrected chi connectivity index (χ0v) is 16.8. The van der Waals surface area contributed by atoms with E-state index in [2.05, 4.69) is 27.0 Å². The van der Waals surface area contributed by atoms with Gasteiger partial charge in [0.15, 0.2) is 0 Å². The van der Waals surface area contributed by atoms with E-state index < -0.39 is 6.10 Å². The minimum Gasteiger partial charge on any atom is -0.491 e. The average molecular weight is 426 g/mol. The van der Waals surface area contributed by atoms with Gasteiger partial charge in [0.1, 0.15) is 30.2 Å². The molecule has 0 amide bonds. The zero-order valence-electron chi connectivity index (χ0n) is 15.2. The SMILES string of the molecule is CC=CC(=CC)OCC(O)Cn1c2ccc(Br)cc2c2cc(C#N)ncc21. The van der Waals surface area contributed by atoms with E-state index in [1.807, 2.05) is 54.8 Å². The van der Waals surface area contributed by atoms with Gasteiger partial charge in [0.05, 0.1) is 18.3 Å². The highest BCUT2D eigenvalue weighted by Gasteiger charge is 2.16. The van der Waals surface area contributed by atoms with E-state index >= 15 is 0 Å². The van der Waals surface area contributed by atoms with Crippen molar-refractivity contribution in [1.29, 1.82) is 5.26 Å². The molecule has 6 heteroatoms. The number of nitriles is 1. The van der Waals surface area contributed by atoms with E-state index in [1.54, 1.807) is 12.3 Å². The van der Waals surface area contributed by atoms with Gasteiger partial charge < -0.3 is 14.4 Å². The van der Waals surface area contributed by atoms with Gasteiger partial charge in [-0.25, -0.2) is 4.98 Å². The molecule has 1 N–H and O–H groups in total. The molecule has 3 rings (SSSR count). The van der Waals surface area contributed by atoms with Gasteiger partial charge in [0.2, 0.25) is 0 Å². The second kappa shape index (κ2) is 8.38. The van der Waals surface area contributed by atoms with Gasteiger partial charge in [0, 0.05) is 20.8 Å². The van der Waals surface area contributed by atoms with Crippen LogP contribution in [0.4, 0.5) is 0 Å². The Hall–Kier alpha value is -2.62. The molecule has 2 aromatic heterocycles. The molecule has 2 heterocycles. The number of hydrogen-bond acceptors (Lipinski definition) is 4. The minimum absolute atomic E-state index is 0.186. The molecule has 138 valence electrons. The van der Waals surface area contributed by atoms with Crippen LogP contribution in [0.1, 0.15) is 19.5 Å². The first-order valence-corrected chi connectivity index (χ1v) is 9.44. The average Bonchev–Trinajstić information content (AvgIpc) is 2.97. The second-order valence-corrected chi connectivity index (χ2v) is 7.04. The van der Waals surface area contributed by atoms with Crippen LogP contribution in [-0.2, 0) is 11.3 Å². The largest absolute Gasteiger partial charge is 0.491 e. The lowest BCUT2D eigenvalue weighted by Crippen LogP contribution is -2.21. The Balaban J connectivity index is 1.97. The molecule has 1 aromatic carbocycles. The molecule has 0 aliphatic heterocycles. The number of hydrogen-bond donors (Lipinski definition) is 1. The molecule has 0 aliphatic carbocycles. The van der Waals surface area contributed by atoms with Gasteiger partial charge in [-0.1, -0.05) is 22.0 Å². The molecule has 27 heavy (non-hydrogen) atoms. The fourth-order valence-electron chi connectivity index (χ4n) is 3.07. The quantitative estimate of drug-likeness (QED) is 0.459. The summed E-state index contributed by atoms with van der Waals surface area (Å²) in [5.41, 5.74) is 2.22. The molecular formula is C21H20BrN3O2. The Kier molecular flexibility index (Phi) is 5.94. The number of aromatic nitrogens is 2. The van der Waals surface area contributed by atoms with Crippen molar-refractivity contribution in [3.05, 3.63) is 64.6 Å². The smallest absolute Gasteiger partial charge is 0.141 e. The van der Waals surface area contributed by atoms with Gasteiger partial charge >= 0.3 is 0 Å². The number of halogens is 1. The Morgan fingerprint density at radius 2 is 2.11 bits per heavy atom. The normalized spacial score (nSPS) is 13.4. The predicted molar refractivity (Wildman–Crippen MR) is 110 cm³/mol. The van der Waals surface area contributed by atoms with E-state index in [4.69, 9.17) is 10.00 Å². The molecule has 1 atom stereocenters. The van der Waals surface area contributed by atoms with E-state index in [9.17, 15) is 5.11 Å². The maximum absolute atomic E-state index is 10.5. The summed E-state index contributed by atoms with van der Waals surface area (Å²) < 4.78 is 8.64. The van der Waals surface area contributed by atoms with Crippen molar-refractivity contribution < 1.29 is 9.84 Å². The summed E-state index contributed by atoms with van der Waals surface area (Å²) in [6.07, 6.45) is 6.61. The van der Waals surface area contributed by atoms with Gasteiger partial charge in [-0.3, -0.25) is 0 Å². The van der Waals surface area contributed by atoms with Crippen LogP contribution in [0.25, 0.3) is 21.8 Å². The zero-order chi connectivity index (χ0) is 19.4. The molecule has 5 nitrogen and oxygen atoms in total. The van der Waals surface area contributed by atoms with Gasteiger partial charge in [-0.2, -0.15) is 5.26 Å². The Morgan fingerprint density at radius 1 is 1.33 bits per heavy atom. The number of aliphatic hydroxyl groups is 1. The number of ether oxygens (including phenoxy) is 1. The summed E-state index contributed by atoms with van der Waals surface area (Å²) >= 11 is 3.51. The highest BCUT2D eigenvalue weighted by molar-refractivity contribution is 9.10. The molecule has 0 bridgehead atoms. The van der Waals surface area contributed by atoms with Crippen LogP contribution in [-0.4, -0.2) is 27.4 Å². The molecule has 3 aromatic rings. The first-order chi connectivity index (χ1) is 13.1. The van der Waals surface area contributed by atoms with Crippen molar-refractivity contribution in [1.82, 2.24) is 9.55 Å². The minimum atomic E-state index is -0.691. The molecule has 0 spiro atoms. The van der Waals surface area contributed by atoms with Crippen molar-refractivity contribution in [2.75, 3.05) is 6.61 Å². The third kappa shape index (κ3) is 4.05. The maximum atomic E-state index is 10.5. The third-order valence-electron chi connectivity index (χ3n) is 4.28. The Morgan fingerprint density at radius 3 is 2.81 bits per heavy atom. The fraction of sp³-hybridized carbons (Fsp3) is 0.238. The third-order valence-corrected chi connectivity index (χ3v) is 4.77. The Bertz CT molecular complexity index is 1080. The predicted octanol–water partition coefficient (Wildman–Crippen LogP) is 4.68. The van der Waals surface area contributed by atoms with Crippen molar-refractivity contribution in [2.45, 2.75) is 26.5 Å². The molecule has 1 unspecified atom stereocenters. The summed E-state index contributed by atoms with van der Waals surface area (Å²) in [7, 11) is 0. The Labute approximate surface area is 166 Å². The van der Waals surface area contributed by atoms with Crippen LogP contribution in [0.2, 0.25) is 0 Å².